The Balaban J connectivity index is 1.82. The third kappa shape index (κ3) is 10.7. The van der Waals surface area contributed by atoms with Crippen molar-refractivity contribution in [1.82, 2.24) is 10.2 Å². The maximum absolute atomic E-state index is 13.2. The molecule has 1 atom stereocenters. The van der Waals surface area contributed by atoms with E-state index in [1.807, 2.05) is 6.92 Å². The molecule has 8 nitrogen and oxygen atoms in total. The lowest BCUT2D eigenvalue weighted by atomic mass is 10.1. The summed E-state index contributed by atoms with van der Waals surface area (Å²) < 4.78 is 16.3. The van der Waals surface area contributed by atoms with Crippen molar-refractivity contribution in [2.45, 2.75) is 77.7 Å². The number of carbonyl (C=O) groups excluding carboxylic acids is 3. The van der Waals surface area contributed by atoms with Crippen molar-refractivity contribution < 1.29 is 28.6 Å². The molecule has 1 saturated heterocycles. The number of hydrogen-bond acceptors (Lipinski definition) is 6. The van der Waals surface area contributed by atoms with Gasteiger partial charge in [0.1, 0.15) is 18.4 Å². The van der Waals surface area contributed by atoms with Crippen LogP contribution in [0, 0.1) is 0 Å². The Hall–Kier alpha value is -2.61. The van der Waals surface area contributed by atoms with Crippen LogP contribution in [0.5, 0.6) is 5.75 Å². The summed E-state index contributed by atoms with van der Waals surface area (Å²) in [5.74, 6) is -0.548. The smallest absolute Gasteiger partial charge is 0.308 e. The predicted octanol–water partition coefficient (Wildman–Crippen LogP) is 4.12. The molecular weight excluding hydrogens is 448 g/mol. The molecule has 1 N–H and O–H groups in total. The molecule has 2 rings (SSSR count). The van der Waals surface area contributed by atoms with Crippen LogP contribution in [0.3, 0.4) is 0 Å². The second kappa shape index (κ2) is 16.9. The third-order valence-electron chi connectivity index (χ3n) is 5.99. The second-order valence-corrected chi connectivity index (χ2v) is 8.78. The molecule has 35 heavy (non-hydrogen) atoms. The first kappa shape index (κ1) is 28.6. The first-order valence-electron chi connectivity index (χ1n) is 13.1. The third-order valence-corrected chi connectivity index (χ3v) is 5.99. The van der Waals surface area contributed by atoms with E-state index in [9.17, 15) is 14.4 Å². The number of benzene rings is 1. The Morgan fingerprint density at radius 2 is 1.74 bits per heavy atom. The number of nitrogens with zero attached hydrogens (tertiary/aromatic N) is 1. The van der Waals surface area contributed by atoms with Crippen LogP contribution in [0.4, 0.5) is 0 Å². The molecule has 1 aromatic carbocycles. The summed E-state index contributed by atoms with van der Waals surface area (Å²) in [5.41, 5.74) is 0.408. The SMILES string of the molecule is CCCCCCCCCCOC(=O)CC1C(=O)NCCN1C(=O)c1cccc(OCCOCC)c1. The maximum Gasteiger partial charge on any atom is 0.308 e. The van der Waals surface area contributed by atoms with Crippen molar-refractivity contribution in [3.8, 4) is 5.75 Å². The summed E-state index contributed by atoms with van der Waals surface area (Å²) >= 11 is 0. The lowest BCUT2D eigenvalue weighted by Crippen LogP contribution is -2.57. The van der Waals surface area contributed by atoms with Gasteiger partial charge in [-0.3, -0.25) is 14.4 Å². The Kier molecular flexibility index (Phi) is 13.8. The number of unbranched alkanes of at least 4 members (excludes halogenated alkanes) is 7. The molecule has 1 aliphatic rings. The van der Waals surface area contributed by atoms with Crippen LogP contribution in [-0.4, -0.2) is 68.2 Å². The van der Waals surface area contributed by atoms with Crippen molar-refractivity contribution in [3.05, 3.63) is 29.8 Å². The first-order chi connectivity index (χ1) is 17.1. The van der Waals surface area contributed by atoms with Crippen LogP contribution >= 0.6 is 0 Å². The standard InChI is InChI=1S/C27H42N2O6/c1-3-5-6-7-8-9-10-11-17-35-25(30)21-24-26(31)28-15-16-29(24)27(32)22-13-12-14-23(20-22)34-19-18-33-4-2/h12-14,20,24H,3-11,15-19,21H2,1-2H3,(H,28,31). The molecule has 1 heterocycles. The normalized spacial score (nSPS) is 15.5. The summed E-state index contributed by atoms with van der Waals surface area (Å²) in [6.07, 6.45) is 9.12. The number of carbonyl (C=O) groups is 3. The molecular formula is C27H42N2O6. The Morgan fingerprint density at radius 1 is 1.00 bits per heavy atom. The van der Waals surface area contributed by atoms with Crippen LogP contribution in [0.1, 0.15) is 82.0 Å². The van der Waals surface area contributed by atoms with Gasteiger partial charge < -0.3 is 24.4 Å². The van der Waals surface area contributed by atoms with Gasteiger partial charge in [0.05, 0.1) is 19.6 Å². The summed E-state index contributed by atoms with van der Waals surface area (Å²) in [4.78, 5) is 39.6. The highest BCUT2D eigenvalue weighted by Crippen LogP contribution is 2.19. The minimum atomic E-state index is -0.884. The average molecular weight is 491 g/mol. The van der Waals surface area contributed by atoms with Gasteiger partial charge in [-0.1, -0.05) is 57.9 Å². The molecule has 0 spiro atoms. The molecule has 196 valence electrons. The minimum absolute atomic E-state index is 0.154. The summed E-state index contributed by atoms with van der Waals surface area (Å²) in [6, 6.07) is 5.96. The van der Waals surface area contributed by atoms with E-state index in [-0.39, 0.29) is 18.2 Å². The number of amides is 2. The van der Waals surface area contributed by atoms with Gasteiger partial charge in [0.15, 0.2) is 0 Å². The molecule has 2 amide bonds. The summed E-state index contributed by atoms with van der Waals surface area (Å²) in [5, 5.41) is 2.75. The number of piperazine rings is 1. The molecule has 0 saturated carbocycles. The van der Waals surface area contributed by atoms with Gasteiger partial charge in [-0.25, -0.2) is 0 Å². The van der Waals surface area contributed by atoms with E-state index in [4.69, 9.17) is 14.2 Å². The van der Waals surface area contributed by atoms with E-state index in [2.05, 4.69) is 12.2 Å². The van der Waals surface area contributed by atoms with Crippen molar-refractivity contribution in [3.63, 3.8) is 0 Å². The van der Waals surface area contributed by atoms with Gasteiger partial charge >= 0.3 is 5.97 Å². The highest BCUT2D eigenvalue weighted by Gasteiger charge is 2.35. The van der Waals surface area contributed by atoms with Crippen molar-refractivity contribution in [2.75, 3.05) is 39.5 Å². The minimum Gasteiger partial charge on any atom is -0.491 e. The van der Waals surface area contributed by atoms with Crippen LogP contribution in [0.25, 0.3) is 0 Å². The quantitative estimate of drug-likeness (QED) is 0.261. The fourth-order valence-electron chi connectivity index (χ4n) is 4.05. The van der Waals surface area contributed by atoms with E-state index in [1.165, 1.54) is 37.0 Å². The van der Waals surface area contributed by atoms with E-state index in [0.29, 0.717) is 50.8 Å². The number of ether oxygens (including phenoxy) is 3. The molecule has 0 radical (unpaired) electrons. The van der Waals surface area contributed by atoms with Crippen LogP contribution in [0.2, 0.25) is 0 Å². The summed E-state index contributed by atoms with van der Waals surface area (Å²) in [7, 11) is 0. The molecule has 1 unspecified atom stereocenters. The molecule has 1 fully saturated rings. The number of hydrogen-bond donors (Lipinski definition) is 1. The number of rotatable bonds is 17. The fraction of sp³-hybridized carbons (Fsp3) is 0.667. The largest absolute Gasteiger partial charge is 0.491 e. The summed E-state index contributed by atoms with van der Waals surface area (Å²) in [6.45, 7) is 6.60. The van der Waals surface area contributed by atoms with Crippen LogP contribution < -0.4 is 10.1 Å². The lowest BCUT2D eigenvalue weighted by Gasteiger charge is -2.34. The average Bonchev–Trinajstić information content (AvgIpc) is 2.86. The van der Waals surface area contributed by atoms with Crippen molar-refractivity contribution in [1.29, 1.82) is 0 Å². The Bertz CT molecular complexity index is 785. The number of esters is 1. The zero-order valence-electron chi connectivity index (χ0n) is 21.4. The predicted molar refractivity (Wildman–Crippen MR) is 134 cm³/mol. The second-order valence-electron chi connectivity index (χ2n) is 8.78. The first-order valence-corrected chi connectivity index (χ1v) is 13.1. The van der Waals surface area contributed by atoms with Crippen molar-refractivity contribution in [2.24, 2.45) is 0 Å². The van der Waals surface area contributed by atoms with Crippen LogP contribution in [0.15, 0.2) is 24.3 Å². The lowest BCUT2D eigenvalue weighted by molar-refractivity contribution is -0.147. The van der Waals surface area contributed by atoms with Gasteiger partial charge in [0.25, 0.3) is 5.91 Å². The highest BCUT2D eigenvalue weighted by molar-refractivity contribution is 5.99. The van der Waals surface area contributed by atoms with Gasteiger partial charge in [-0.2, -0.15) is 0 Å². The molecule has 8 heteroatoms. The fourth-order valence-corrected chi connectivity index (χ4v) is 4.05. The van der Waals surface area contributed by atoms with Gasteiger partial charge in [-0.05, 0) is 31.5 Å². The van der Waals surface area contributed by atoms with Crippen molar-refractivity contribution >= 4 is 17.8 Å². The zero-order valence-corrected chi connectivity index (χ0v) is 21.4. The number of nitrogens with one attached hydrogen (secondary N) is 1. The van der Waals surface area contributed by atoms with E-state index in [1.54, 1.807) is 24.3 Å². The van der Waals surface area contributed by atoms with E-state index in [0.717, 1.165) is 19.3 Å². The Morgan fingerprint density at radius 3 is 2.49 bits per heavy atom. The molecule has 0 bridgehead atoms. The van der Waals surface area contributed by atoms with E-state index >= 15 is 0 Å². The molecule has 0 aromatic heterocycles. The maximum atomic E-state index is 13.2. The van der Waals surface area contributed by atoms with Gasteiger partial charge in [-0.15, -0.1) is 0 Å². The molecule has 0 aliphatic carbocycles. The zero-order chi connectivity index (χ0) is 25.3. The molecule has 1 aliphatic heterocycles. The topological polar surface area (TPSA) is 94.2 Å². The van der Waals surface area contributed by atoms with Crippen LogP contribution in [-0.2, 0) is 19.1 Å². The monoisotopic (exact) mass is 490 g/mol. The molecule has 1 aromatic rings. The van der Waals surface area contributed by atoms with E-state index < -0.39 is 12.0 Å². The van der Waals surface area contributed by atoms with Gasteiger partial charge in [0.2, 0.25) is 5.91 Å². The highest BCUT2D eigenvalue weighted by atomic mass is 16.5. The van der Waals surface area contributed by atoms with Gasteiger partial charge in [0, 0.05) is 25.3 Å². The Labute approximate surface area is 209 Å².